The molecular weight excluding hydrogens is 446 g/mol. The summed E-state index contributed by atoms with van der Waals surface area (Å²) < 4.78 is 0. The first kappa shape index (κ1) is 26.7. The summed E-state index contributed by atoms with van der Waals surface area (Å²) >= 11 is 0. The Morgan fingerprint density at radius 3 is 2.46 bits per heavy atom. The van der Waals surface area contributed by atoms with Gasteiger partial charge in [-0.3, -0.25) is 14.4 Å². The highest BCUT2D eigenvalue weighted by molar-refractivity contribution is 6.01. The average molecular weight is 482 g/mol. The molecular formula is C28H35NO6. The van der Waals surface area contributed by atoms with Crippen LogP contribution in [0.25, 0.3) is 0 Å². The van der Waals surface area contributed by atoms with Gasteiger partial charge in [0.05, 0.1) is 18.6 Å². The van der Waals surface area contributed by atoms with Gasteiger partial charge in [0.2, 0.25) is 0 Å². The molecule has 2 aromatic carbocycles. The van der Waals surface area contributed by atoms with Gasteiger partial charge in [-0.1, -0.05) is 36.4 Å². The molecule has 3 rings (SSSR count). The quantitative estimate of drug-likeness (QED) is 0.324. The van der Waals surface area contributed by atoms with E-state index in [1.54, 1.807) is 6.07 Å². The van der Waals surface area contributed by atoms with Crippen molar-refractivity contribution < 1.29 is 29.7 Å². The van der Waals surface area contributed by atoms with E-state index in [9.17, 15) is 29.7 Å². The summed E-state index contributed by atoms with van der Waals surface area (Å²) in [6, 6.07) is 13.4. The maximum absolute atomic E-state index is 13.0. The lowest BCUT2D eigenvalue weighted by Gasteiger charge is -2.31. The minimum atomic E-state index is -0.751. The van der Waals surface area contributed by atoms with Gasteiger partial charge in [-0.15, -0.1) is 0 Å². The summed E-state index contributed by atoms with van der Waals surface area (Å²) in [6.45, 7) is 1.99. The second kappa shape index (κ2) is 12.7. The summed E-state index contributed by atoms with van der Waals surface area (Å²) in [6.07, 6.45) is 1.30. The number of Topliss-reactive ketones (excluding diaryl/α,β-unsaturated/α-hetero) is 3. The molecule has 3 unspecified atom stereocenters. The van der Waals surface area contributed by atoms with Crippen LogP contribution in [0, 0.1) is 17.8 Å². The molecule has 1 aliphatic carbocycles. The van der Waals surface area contributed by atoms with Gasteiger partial charge < -0.3 is 20.6 Å². The number of hydrogen-bond donors (Lipinski definition) is 4. The van der Waals surface area contributed by atoms with E-state index >= 15 is 0 Å². The molecule has 0 saturated heterocycles. The van der Waals surface area contributed by atoms with Crippen molar-refractivity contribution in [3.05, 3.63) is 64.7 Å². The van der Waals surface area contributed by atoms with Gasteiger partial charge in [0, 0.05) is 32.0 Å². The zero-order chi connectivity index (χ0) is 25.4. The fourth-order valence-electron chi connectivity index (χ4n) is 5.19. The van der Waals surface area contributed by atoms with Gasteiger partial charge in [-0.05, 0) is 60.8 Å². The standard InChI is InChI=1S/C28H35NO6/c1-18(32)11-26(34)24(17-31)21(9-10-30)12-20-13-23-22(7-8-25(33)28(23)27(35)14-20)16-29-15-19-5-3-2-4-6-19/h2-8,20-21,24,29-31,33H,9-17H2,1H3. The summed E-state index contributed by atoms with van der Waals surface area (Å²) in [4.78, 5) is 37.0. The molecule has 0 saturated carbocycles. The minimum Gasteiger partial charge on any atom is -0.507 e. The number of benzene rings is 2. The van der Waals surface area contributed by atoms with E-state index in [-0.39, 0.29) is 54.4 Å². The first-order valence-electron chi connectivity index (χ1n) is 12.2. The number of carbonyl (C=O) groups is 3. The van der Waals surface area contributed by atoms with E-state index in [4.69, 9.17) is 0 Å². The number of phenols is 1. The normalized spacial score (nSPS) is 17.0. The molecule has 35 heavy (non-hydrogen) atoms. The molecule has 0 radical (unpaired) electrons. The van der Waals surface area contributed by atoms with Gasteiger partial charge in [-0.2, -0.15) is 0 Å². The van der Waals surface area contributed by atoms with E-state index in [1.807, 2.05) is 36.4 Å². The molecule has 0 aliphatic heterocycles. The second-order valence-corrected chi connectivity index (χ2v) is 9.53. The lowest BCUT2D eigenvalue weighted by molar-refractivity contribution is -0.131. The van der Waals surface area contributed by atoms with Gasteiger partial charge in [0.1, 0.15) is 17.3 Å². The van der Waals surface area contributed by atoms with E-state index in [0.717, 1.165) is 16.7 Å². The lowest BCUT2D eigenvalue weighted by atomic mass is 9.73. The fourth-order valence-corrected chi connectivity index (χ4v) is 5.19. The van der Waals surface area contributed by atoms with Crippen LogP contribution in [0.3, 0.4) is 0 Å². The number of rotatable bonds is 13. The number of aliphatic hydroxyl groups excluding tert-OH is 2. The Hall–Kier alpha value is -2.87. The third-order valence-corrected chi connectivity index (χ3v) is 6.86. The summed E-state index contributed by atoms with van der Waals surface area (Å²) in [5.74, 6) is -1.94. The molecule has 2 aromatic rings. The molecule has 4 N–H and O–H groups in total. The fraction of sp³-hybridized carbons (Fsp3) is 0.464. The van der Waals surface area contributed by atoms with Crippen LogP contribution in [-0.4, -0.2) is 45.9 Å². The third kappa shape index (κ3) is 7.07. The van der Waals surface area contributed by atoms with Crippen LogP contribution in [0.4, 0.5) is 0 Å². The Balaban J connectivity index is 1.77. The molecule has 3 atom stereocenters. The van der Waals surface area contributed by atoms with E-state index in [1.165, 1.54) is 6.92 Å². The molecule has 7 nitrogen and oxygen atoms in total. The molecule has 188 valence electrons. The Bertz CT molecular complexity index is 1040. The number of nitrogens with one attached hydrogen (secondary N) is 1. The van der Waals surface area contributed by atoms with Gasteiger partial charge in [0.25, 0.3) is 0 Å². The van der Waals surface area contributed by atoms with Crippen molar-refractivity contribution in [2.75, 3.05) is 13.2 Å². The summed E-state index contributed by atoms with van der Waals surface area (Å²) in [5, 5.41) is 33.3. The topological polar surface area (TPSA) is 124 Å². The number of hydrogen-bond acceptors (Lipinski definition) is 7. The van der Waals surface area contributed by atoms with Crippen molar-refractivity contribution in [3.63, 3.8) is 0 Å². The SMILES string of the molecule is CC(=O)CC(=O)C(CO)C(CCO)CC1CC(=O)c2c(O)ccc(CNCc3ccccc3)c2C1. The number of fused-ring (bicyclic) bond motifs is 1. The van der Waals surface area contributed by atoms with Crippen LogP contribution in [-0.2, 0) is 29.1 Å². The number of aliphatic hydroxyl groups is 2. The Kier molecular flexibility index (Phi) is 9.72. The van der Waals surface area contributed by atoms with Crippen molar-refractivity contribution in [1.82, 2.24) is 5.32 Å². The van der Waals surface area contributed by atoms with Crippen molar-refractivity contribution in [3.8, 4) is 5.75 Å². The zero-order valence-corrected chi connectivity index (χ0v) is 20.2. The molecule has 0 spiro atoms. The molecule has 0 heterocycles. The van der Waals surface area contributed by atoms with Gasteiger partial charge in [-0.25, -0.2) is 0 Å². The molecule has 0 fully saturated rings. The van der Waals surface area contributed by atoms with E-state index in [2.05, 4.69) is 5.32 Å². The predicted molar refractivity (Wildman–Crippen MR) is 132 cm³/mol. The number of aromatic hydroxyl groups is 1. The van der Waals surface area contributed by atoms with Crippen LogP contribution in [0.5, 0.6) is 5.75 Å². The average Bonchev–Trinajstić information content (AvgIpc) is 2.81. The predicted octanol–water partition coefficient (Wildman–Crippen LogP) is 2.97. The number of ketones is 3. The molecule has 7 heteroatoms. The second-order valence-electron chi connectivity index (χ2n) is 9.53. The van der Waals surface area contributed by atoms with Crippen molar-refractivity contribution in [2.45, 2.75) is 52.1 Å². The first-order chi connectivity index (χ1) is 16.8. The molecule has 0 aromatic heterocycles. The van der Waals surface area contributed by atoms with E-state index < -0.39 is 12.5 Å². The van der Waals surface area contributed by atoms with E-state index in [0.29, 0.717) is 37.9 Å². The summed E-state index contributed by atoms with van der Waals surface area (Å²) in [5.41, 5.74) is 3.26. The molecule has 0 amide bonds. The molecule has 0 bridgehead atoms. The maximum Gasteiger partial charge on any atom is 0.167 e. The Morgan fingerprint density at radius 2 is 1.80 bits per heavy atom. The maximum atomic E-state index is 13.0. The number of carbonyl (C=O) groups excluding carboxylic acids is 3. The van der Waals surface area contributed by atoms with Gasteiger partial charge >= 0.3 is 0 Å². The molecule has 1 aliphatic rings. The minimum absolute atomic E-state index is 0.0213. The monoisotopic (exact) mass is 481 g/mol. The van der Waals surface area contributed by atoms with Crippen molar-refractivity contribution >= 4 is 17.3 Å². The summed E-state index contributed by atoms with van der Waals surface area (Å²) in [7, 11) is 0. The Morgan fingerprint density at radius 1 is 1.06 bits per heavy atom. The van der Waals surface area contributed by atoms with Crippen LogP contribution < -0.4 is 5.32 Å². The zero-order valence-electron chi connectivity index (χ0n) is 20.2. The van der Waals surface area contributed by atoms with Crippen LogP contribution in [0.1, 0.15) is 59.7 Å². The van der Waals surface area contributed by atoms with Crippen LogP contribution >= 0.6 is 0 Å². The third-order valence-electron chi connectivity index (χ3n) is 6.86. The van der Waals surface area contributed by atoms with Crippen LogP contribution in [0.2, 0.25) is 0 Å². The van der Waals surface area contributed by atoms with Gasteiger partial charge in [0.15, 0.2) is 5.78 Å². The van der Waals surface area contributed by atoms with Crippen molar-refractivity contribution in [2.24, 2.45) is 17.8 Å². The van der Waals surface area contributed by atoms with Crippen LogP contribution in [0.15, 0.2) is 42.5 Å². The highest BCUT2D eigenvalue weighted by Crippen LogP contribution is 2.38. The largest absolute Gasteiger partial charge is 0.507 e. The highest BCUT2D eigenvalue weighted by atomic mass is 16.3. The first-order valence-corrected chi connectivity index (χ1v) is 12.2. The van der Waals surface area contributed by atoms with Crippen molar-refractivity contribution in [1.29, 1.82) is 0 Å². The number of phenolic OH excluding ortho intramolecular Hbond substituents is 1. The Labute approximate surface area is 206 Å². The smallest absolute Gasteiger partial charge is 0.167 e. The highest BCUT2D eigenvalue weighted by Gasteiger charge is 2.34. The lowest BCUT2D eigenvalue weighted by Crippen LogP contribution is -2.33.